The van der Waals surface area contributed by atoms with Crippen LogP contribution in [-0.4, -0.2) is 25.8 Å². The molecule has 0 aliphatic rings. The van der Waals surface area contributed by atoms with Crippen LogP contribution in [-0.2, 0) is 19.5 Å². The van der Waals surface area contributed by atoms with Crippen molar-refractivity contribution in [3.63, 3.8) is 0 Å². The number of nitrogens with zero attached hydrogens (tertiary/aromatic N) is 4. The summed E-state index contributed by atoms with van der Waals surface area (Å²) in [6.45, 7) is -0.00642. The lowest BCUT2D eigenvalue weighted by atomic mass is 10.0. The number of aromatic nitrogens is 3. The molecule has 1 N–H and O–H groups in total. The summed E-state index contributed by atoms with van der Waals surface area (Å²) in [5, 5.41) is 20.3. The summed E-state index contributed by atoms with van der Waals surface area (Å²) < 4.78 is 2.26. The number of pyridine rings is 1. The molecule has 0 fully saturated rings. The standard InChI is InChI=1S/C19H18N4O3/c20-10-16-13-22(8-9-24)19(26)23(18(16)25)7-3-5-15-12-21-11-14-4-1-2-6-17(14)15/h1-2,4,6,11-13,24H,3,5,7-9H2. The van der Waals surface area contributed by atoms with Crippen molar-refractivity contribution >= 4 is 10.8 Å². The average molecular weight is 350 g/mol. The number of nitriles is 1. The zero-order chi connectivity index (χ0) is 18.5. The summed E-state index contributed by atoms with van der Waals surface area (Å²) in [7, 11) is 0. The van der Waals surface area contributed by atoms with Gasteiger partial charge in [0.2, 0.25) is 0 Å². The molecule has 7 heteroatoms. The highest BCUT2D eigenvalue weighted by molar-refractivity contribution is 5.84. The number of hydrogen-bond acceptors (Lipinski definition) is 5. The zero-order valence-corrected chi connectivity index (χ0v) is 14.1. The molecule has 2 aromatic heterocycles. The predicted octanol–water partition coefficient (Wildman–Crippen LogP) is 1.05. The molecule has 7 nitrogen and oxygen atoms in total. The van der Waals surface area contributed by atoms with Gasteiger partial charge in [-0.05, 0) is 23.8 Å². The first-order valence-electron chi connectivity index (χ1n) is 8.32. The molecule has 2 heterocycles. The Kier molecular flexibility index (Phi) is 5.25. The molecule has 0 aliphatic heterocycles. The number of hydrogen-bond donors (Lipinski definition) is 1. The van der Waals surface area contributed by atoms with Gasteiger partial charge in [0.1, 0.15) is 11.6 Å². The summed E-state index contributed by atoms with van der Waals surface area (Å²) in [5.74, 6) is 0. The Hall–Kier alpha value is -3.24. The molecular weight excluding hydrogens is 332 g/mol. The van der Waals surface area contributed by atoms with Gasteiger partial charge < -0.3 is 5.11 Å². The second-order valence-electron chi connectivity index (χ2n) is 5.93. The van der Waals surface area contributed by atoms with E-state index in [1.54, 1.807) is 12.4 Å². The van der Waals surface area contributed by atoms with Crippen molar-refractivity contribution in [3.05, 3.63) is 74.8 Å². The largest absolute Gasteiger partial charge is 0.395 e. The maximum absolute atomic E-state index is 12.4. The van der Waals surface area contributed by atoms with E-state index in [-0.39, 0.29) is 25.3 Å². The third-order valence-electron chi connectivity index (χ3n) is 4.28. The highest BCUT2D eigenvalue weighted by atomic mass is 16.3. The maximum Gasteiger partial charge on any atom is 0.331 e. The fourth-order valence-electron chi connectivity index (χ4n) is 3.00. The lowest BCUT2D eigenvalue weighted by Gasteiger charge is -2.10. The number of rotatable bonds is 6. The molecule has 0 unspecified atom stereocenters. The normalized spacial score (nSPS) is 10.8. The molecule has 0 bridgehead atoms. The Morgan fingerprint density at radius 2 is 1.96 bits per heavy atom. The van der Waals surface area contributed by atoms with Crippen LogP contribution in [0.5, 0.6) is 0 Å². The van der Waals surface area contributed by atoms with Crippen LogP contribution < -0.4 is 11.2 Å². The quantitative estimate of drug-likeness (QED) is 0.716. The highest BCUT2D eigenvalue weighted by Crippen LogP contribution is 2.18. The van der Waals surface area contributed by atoms with Gasteiger partial charge in [0.05, 0.1) is 13.2 Å². The summed E-state index contributed by atoms with van der Waals surface area (Å²) >= 11 is 0. The molecule has 26 heavy (non-hydrogen) atoms. The molecule has 0 spiro atoms. The second-order valence-corrected chi connectivity index (χ2v) is 5.93. The van der Waals surface area contributed by atoms with Crippen LogP contribution in [0.2, 0.25) is 0 Å². The van der Waals surface area contributed by atoms with E-state index in [1.807, 2.05) is 30.3 Å². The van der Waals surface area contributed by atoms with Crippen LogP contribution in [0.15, 0.2) is 52.4 Å². The first-order valence-corrected chi connectivity index (χ1v) is 8.32. The van der Waals surface area contributed by atoms with E-state index in [2.05, 4.69) is 4.98 Å². The lowest BCUT2D eigenvalue weighted by molar-refractivity contribution is 0.271. The number of benzene rings is 1. The molecule has 0 aliphatic carbocycles. The number of aliphatic hydroxyl groups is 1. The number of fused-ring (bicyclic) bond motifs is 1. The monoisotopic (exact) mass is 350 g/mol. The van der Waals surface area contributed by atoms with Crippen molar-refractivity contribution in [1.82, 2.24) is 14.1 Å². The van der Waals surface area contributed by atoms with E-state index >= 15 is 0 Å². The van der Waals surface area contributed by atoms with Crippen LogP contribution in [0, 0.1) is 11.3 Å². The molecule has 0 saturated heterocycles. The number of aliphatic hydroxyl groups excluding tert-OH is 1. The summed E-state index contributed by atoms with van der Waals surface area (Å²) in [4.78, 5) is 28.9. The van der Waals surface area contributed by atoms with Crippen LogP contribution in [0.4, 0.5) is 0 Å². The Morgan fingerprint density at radius 3 is 2.73 bits per heavy atom. The van der Waals surface area contributed by atoms with Gasteiger partial charge in [0.15, 0.2) is 0 Å². The summed E-state index contributed by atoms with van der Waals surface area (Å²) in [6, 6.07) is 9.72. The van der Waals surface area contributed by atoms with Crippen LogP contribution >= 0.6 is 0 Å². The van der Waals surface area contributed by atoms with Gasteiger partial charge in [-0.25, -0.2) is 4.79 Å². The fraction of sp³-hybridized carbons (Fsp3) is 0.263. The molecule has 0 amide bonds. The highest BCUT2D eigenvalue weighted by Gasteiger charge is 2.11. The van der Waals surface area contributed by atoms with Crippen molar-refractivity contribution in [2.24, 2.45) is 0 Å². The molecule has 132 valence electrons. The van der Waals surface area contributed by atoms with Gasteiger partial charge in [-0.15, -0.1) is 0 Å². The summed E-state index contributed by atoms with van der Waals surface area (Å²) in [6.07, 6.45) is 6.00. The van der Waals surface area contributed by atoms with Gasteiger partial charge in [-0.2, -0.15) is 5.26 Å². The molecule has 3 aromatic rings. The van der Waals surface area contributed by atoms with Crippen molar-refractivity contribution in [2.75, 3.05) is 6.61 Å². The average Bonchev–Trinajstić information content (AvgIpc) is 2.67. The predicted molar refractivity (Wildman–Crippen MR) is 96.8 cm³/mol. The fourth-order valence-corrected chi connectivity index (χ4v) is 3.00. The van der Waals surface area contributed by atoms with Gasteiger partial charge in [-0.3, -0.25) is 18.9 Å². The first kappa shape index (κ1) is 17.6. The van der Waals surface area contributed by atoms with Crippen LogP contribution in [0.3, 0.4) is 0 Å². The van der Waals surface area contributed by atoms with Crippen molar-refractivity contribution in [1.29, 1.82) is 5.26 Å². The van der Waals surface area contributed by atoms with Crippen molar-refractivity contribution in [3.8, 4) is 6.07 Å². The zero-order valence-electron chi connectivity index (χ0n) is 14.1. The maximum atomic E-state index is 12.4. The first-order chi connectivity index (χ1) is 12.7. The molecule has 3 rings (SSSR count). The third kappa shape index (κ3) is 3.41. The topological polar surface area (TPSA) is 101 Å². The van der Waals surface area contributed by atoms with Gasteiger partial charge in [-0.1, -0.05) is 24.3 Å². The summed E-state index contributed by atoms with van der Waals surface area (Å²) in [5.41, 5.74) is -0.171. The smallest absolute Gasteiger partial charge is 0.331 e. The molecule has 0 atom stereocenters. The van der Waals surface area contributed by atoms with Crippen LogP contribution in [0.1, 0.15) is 17.5 Å². The number of aryl methyl sites for hydroxylation is 1. The van der Waals surface area contributed by atoms with E-state index in [0.29, 0.717) is 12.8 Å². The van der Waals surface area contributed by atoms with Gasteiger partial charge >= 0.3 is 5.69 Å². The van der Waals surface area contributed by atoms with E-state index in [9.17, 15) is 9.59 Å². The Morgan fingerprint density at radius 1 is 1.15 bits per heavy atom. The Balaban J connectivity index is 1.86. The van der Waals surface area contributed by atoms with Gasteiger partial charge in [0.25, 0.3) is 5.56 Å². The molecule has 0 radical (unpaired) electrons. The lowest BCUT2D eigenvalue weighted by Crippen LogP contribution is -2.41. The minimum Gasteiger partial charge on any atom is -0.395 e. The van der Waals surface area contributed by atoms with Crippen molar-refractivity contribution in [2.45, 2.75) is 25.9 Å². The molecule has 1 aromatic carbocycles. The van der Waals surface area contributed by atoms with Crippen LogP contribution in [0.25, 0.3) is 10.8 Å². The van der Waals surface area contributed by atoms with Gasteiger partial charge in [0, 0.05) is 30.5 Å². The van der Waals surface area contributed by atoms with Crippen molar-refractivity contribution < 1.29 is 5.11 Å². The third-order valence-corrected chi connectivity index (χ3v) is 4.28. The van der Waals surface area contributed by atoms with E-state index < -0.39 is 11.2 Å². The molecule has 0 saturated carbocycles. The van der Waals surface area contributed by atoms with E-state index in [0.717, 1.165) is 20.9 Å². The Bertz CT molecular complexity index is 1090. The molecular formula is C19H18N4O3. The minimum absolute atomic E-state index is 0.0427. The minimum atomic E-state index is -0.595. The SMILES string of the molecule is N#Cc1cn(CCO)c(=O)n(CCCc2cncc3ccccc23)c1=O. The van der Waals surface area contributed by atoms with E-state index in [1.165, 1.54) is 10.8 Å². The van der Waals surface area contributed by atoms with E-state index in [4.69, 9.17) is 10.4 Å². The second kappa shape index (κ2) is 7.76. The Labute approximate surface area is 149 Å².